The molecule has 0 aliphatic heterocycles. The quantitative estimate of drug-likeness (QED) is 0.346. The molecule has 4 aromatic rings. The van der Waals surface area contributed by atoms with Crippen LogP contribution in [0.2, 0.25) is 0 Å². The highest BCUT2D eigenvalue weighted by molar-refractivity contribution is 14.1. The van der Waals surface area contributed by atoms with Crippen molar-refractivity contribution < 1.29 is 14.3 Å². The molecule has 1 heterocycles. The molecule has 0 saturated carbocycles. The summed E-state index contributed by atoms with van der Waals surface area (Å²) in [4.78, 5) is 17.9. The van der Waals surface area contributed by atoms with E-state index in [-0.39, 0.29) is 5.91 Å². The Balaban J connectivity index is 1.82. The maximum absolute atomic E-state index is 13.2. The van der Waals surface area contributed by atoms with Gasteiger partial charge in [-0.1, -0.05) is 18.2 Å². The molecule has 0 radical (unpaired) electrons. The number of pyridine rings is 1. The van der Waals surface area contributed by atoms with Crippen LogP contribution in [0.3, 0.4) is 0 Å². The van der Waals surface area contributed by atoms with Gasteiger partial charge >= 0.3 is 0 Å². The van der Waals surface area contributed by atoms with Crippen LogP contribution in [0.25, 0.3) is 22.2 Å². The Morgan fingerprint density at radius 2 is 1.70 bits per heavy atom. The number of amides is 1. The number of para-hydroxylation sites is 1. The molecule has 5 nitrogen and oxygen atoms in total. The van der Waals surface area contributed by atoms with Gasteiger partial charge in [0.05, 0.1) is 31.0 Å². The number of anilines is 1. The molecule has 0 spiro atoms. The Kier molecular flexibility index (Phi) is 5.85. The molecule has 0 unspecified atom stereocenters. The van der Waals surface area contributed by atoms with E-state index in [0.717, 1.165) is 25.7 Å². The lowest BCUT2D eigenvalue weighted by atomic mass is 10.0. The Labute approximate surface area is 188 Å². The fourth-order valence-corrected chi connectivity index (χ4v) is 3.60. The van der Waals surface area contributed by atoms with Gasteiger partial charge in [-0.25, -0.2) is 4.98 Å². The zero-order valence-corrected chi connectivity index (χ0v) is 18.6. The van der Waals surface area contributed by atoms with E-state index in [0.29, 0.717) is 22.8 Å². The van der Waals surface area contributed by atoms with Gasteiger partial charge in [0, 0.05) is 26.3 Å². The van der Waals surface area contributed by atoms with Crippen molar-refractivity contribution in [2.24, 2.45) is 0 Å². The van der Waals surface area contributed by atoms with Gasteiger partial charge in [-0.3, -0.25) is 4.79 Å². The van der Waals surface area contributed by atoms with Crippen LogP contribution < -0.4 is 14.8 Å². The van der Waals surface area contributed by atoms with Crippen LogP contribution >= 0.6 is 22.6 Å². The molecule has 1 aromatic heterocycles. The summed E-state index contributed by atoms with van der Waals surface area (Å²) in [5.41, 5.74) is 3.46. The van der Waals surface area contributed by atoms with E-state index in [1.54, 1.807) is 26.4 Å². The smallest absolute Gasteiger partial charge is 0.256 e. The number of methoxy groups -OCH3 is 2. The molecular formula is C24H19IN2O3. The third kappa shape index (κ3) is 4.09. The van der Waals surface area contributed by atoms with Gasteiger partial charge in [-0.15, -0.1) is 0 Å². The van der Waals surface area contributed by atoms with E-state index in [9.17, 15) is 4.79 Å². The minimum absolute atomic E-state index is 0.191. The Bertz CT molecular complexity index is 1220. The SMILES string of the molecule is COc1ccc(-c2cc(C(=O)Nc3ccc(I)cc3)c3ccccc3n2)c(OC)c1. The van der Waals surface area contributed by atoms with Crippen molar-refractivity contribution in [3.05, 3.63) is 81.9 Å². The van der Waals surface area contributed by atoms with Crippen LogP contribution in [0.5, 0.6) is 11.5 Å². The van der Waals surface area contributed by atoms with Gasteiger partial charge < -0.3 is 14.8 Å². The summed E-state index contributed by atoms with van der Waals surface area (Å²) < 4.78 is 11.9. The molecule has 0 fully saturated rings. The second-order valence-corrected chi connectivity index (χ2v) is 7.85. The number of carbonyl (C=O) groups excluding carboxylic acids is 1. The minimum Gasteiger partial charge on any atom is -0.497 e. The Morgan fingerprint density at radius 1 is 0.933 bits per heavy atom. The summed E-state index contributed by atoms with van der Waals surface area (Å²) in [6.07, 6.45) is 0. The number of hydrogen-bond acceptors (Lipinski definition) is 4. The number of ether oxygens (including phenoxy) is 2. The van der Waals surface area contributed by atoms with Crippen LogP contribution in [-0.2, 0) is 0 Å². The zero-order chi connectivity index (χ0) is 21.1. The molecule has 4 rings (SSSR count). The standard InChI is InChI=1S/C24H19IN2O3/c1-29-17-11-12-19(23(13-17)30-2)22-14-20(18-5-3-4-6-21(18)27-22)24(28)26-16-9-7-15(25)8-10-16/h3-14H,1-2H3,(H,26,28). The van der Waals surface area contributed by atoms with Crippen LogP contribution in [0.1, 0.15) is 10.4 Å². The fraction of sp³-hybridized carbons (Fsp3) is 0.0833. The Morgan fingerprint density at radius 3 is 2.43 bits per heavy atom. The van der Waals surface area contributed by atoms with Crippen molar-refractivity contribution in [3.63, 3.8) is 0 Å². The molecule has 3 aromatic carbocycles. The van der Waals surface area contributed by atoms with Crippen molar-refractivity contribution in [1.82, 2.24) is 4.98 Å². The predicted octanol–water partition coefficient (Wildman–Crippen LogP) is 5.78. The summed E-state index contributed by atoms with van der Waals surface area (Å²) in [6.45, 7) is 0. The molecule has 0 aliphatic rings. The molecule has 0 atom stereocenters. The fourth-order valence-electron chi connectivity index (χ4n) is 3.24. The normalized spacial score (nSPS) is 10.6. The Hall–Kier alpha value is -3.13. The minimum atomic E-state index is -0.191. The van der Waals surface area contributed by atoms with Gasteiger partial charge in [0.25, 0.3) is 5.91 Å². The number of aromatic nitrogens is 1. The molecule has 150 valence electrons. The molecule has 0 bridgehead atoms. The predicted molar refractivity (Wildman–Crippen MR) is 127 cm³/mol. The van der Waals surface area contributed by atoms with E-state index in [4.69, 9.17) is 14.5 Å². The molecule has 1 amide bonds. The third-order valence-electron chi connectivity index (χ3n) is 4.75. The van der Waals surface area contributed by atoms with Gasteiger partial charge in [0.1, 0.15) is 11.5 Å². The number of hydrogen-bond donors (Lipinski definition) is 1. The second kappa shape index (κ2) is 8.71. The highest BCUT2D eigenvalue weighted by Gasteiger charge is 2.16. The number of fused-ring (bicyclic) bond motifs is 1. The first-order chi connectivity index (χ1) is 14.6. The highest BCUT2D eigenvalue weighted by Crippen LogP contribution is 2.34. The highest BCUT2D eigenvalue weighted by atomic mass is 127. The summed E-state index contributed by atoms with van der Waals surface area (Å²) in [6, 6.07) is 22.6. The first-order valence-corrected chi connectivity index (χ1v) is 10.4. The number of benzene rings is 3. The first kappa shape index (κ1) is 20.2. The van der Waals surface area contributed by atoms with Crippen molar-refractivity contribution in [2.75, 3.05) is 19.5 Å². The van der Waals surface area contributed by atoms with Gasteiger partial charge in [-0.05, 0) is 71.1 Å². The van der Waals surface area contributed by atoms with Crippen molar-refractivity contribution >= 4 is 45.1 Å². The van der Waals surface area contributed by atoms with Gasteiger partial charge in [0.2, 0.25) is 0 Å². The lowest BCUT2D eigenvalue weighted by molar-refractivity contribution is 0.102. The molecule has 6 heteroatoms. The van der Waals surface area contributed by atoms with Crippen LogP contribution in [0.15, 0.2) is 72.8 Å². The van der Waals surface area contributed by atoms with E-state index in [1.165, 1.54) is 0 Å². The van der Waals surface area contributed by atoms with Crippen molar-refractivity contribution in [2.45, 2.75) is 0 Å². The maximum atomic E-state index is 13.2. The van der Waals surface area contributed by atoms with Crippen LogP contribution in [0, 0.1) is 3.57 Å². The summed E-state index contributed by atoms with van der Waals surface area (Å²) in [7, 11) is 3.21. The number of rotatable bonds is 5. The average Bonchev–Trinajstić information content (AvgIpc) is 2.79. The number of nitrogens with one attached hydrogen (secondary N) is 1. The summed E-state index contributed by atoms with van der Waals surface area (Å²) in [5, 5.41) is 3.77. The molecule has 30 heavy (non-hydrogen) atoms. The van der Waals surface area contributed by atoms with E-state index < -0.39 is 0 Å². The number of carbonyl (C=O) groups is 1. The second-order valence-electron chi connectivity index (χ2n) is 6.60. The number of nitrogens with zero attached hydrogens (tertiary/aromatic N) is 1. The van der Waals surface area contributed by atoms with Crippen molar-refractivity contribution in [3.8, 4) is 22.8 Å². The van der Waals surface area contributed by atoms with Crippen molar-refractivity contribution in [1.29, 1.82) is 0 Å². The van der Waals surface area contributed by atoms with E-state index >= 15 is 0 Å². The lowest BCUT2D eigenvalue weighted by Crippen LogP contribution is -2.13. The molecule has 0 saturated heterocycles. The maximum Gasteiger partial charge on any atom is 0.256 e. The van der Waals surface area contributed by atoms with Gasteiger partial charge in [-0.2, -0.15) is 0 Å². The molecule has 0 aliphatic carbocycles. The topological polar surface area (TPSA) is 60.5 Å². The first-order valence-electron chi connectivity index (χ1n) is 9.28. The zero-order valence-electron chi connectivity index (χ0n) is 16.5. The van der Waals surface area contributed by atoms with E-state index in [2.05, 4.69) is 27.9 Å². The van der Waals surface area contributed by atoms with Crippen LogP contribution in [0.4, 0.5) is 5.69 Å². The third-order valence-corrected chi connectivity index (χ3v) is 5.47. The van der Waals surface area contributed by atoms with Gasteiger partial charge in [0.15, 0.2) is 0 Å². The van der Waals surface area contributed by atoms with E-state index in [1.807, 2.05) is 60.7 Å². The number of halogens is 1. The summed E-state index contributed by atoms with van der Waals surface area (Å²) >= 11 is 2.23. The monoisotopic (exact) mass is 510 g/mol. The molecular weight excluding hydrogens is 491 g/mol. The molecule has 1 N–H and O–H groups in total. The summed E-state index contributed by atoms with van der Waals surface area (Å²) in [5.74, 6) is 1.12. The lowest BCUT2D eigenvalue weighted by Gasteiger charge is -2.13. The van der Waals surface area contributed by atoms with Crippen LogP contribution in [-0.4, -0.2) is 25.1 Å². The largest absolute Gasteiger partial charge is 0.497 e. The average molecular weight is 510 g/mol.